The van der Waals surface area contributed by atoms with E-state index in [1.54, 1.807) is 0 Å². The lowest BCUT2D eigenvalue weighted by molar-refractivity contribution is -0.394. The number of aromatic nitrogens is 4. The van der Waals surface area contributed by atoms with Crippen LogP contribution in [0.5, 0.6) is 0 Å². The first kappa shape index (κ1) is 10.2. The summed E-state index contributed by atoms with van der Waals surface area (Å²) in [7, 11) is 0. The van der Waals surface area contributed by atoms with Gasteiger partial charge in [0, 0.05) is 11.6 Å². The number of rotatable bonds is 2. The van der Waals surface area contributed by atoms with Crippen LogP contribution in [0.25, 0.3) is 0 Å². The fraction of sp³-hybridized carbons (Fsp3) is 0.714. The number of Topliss-reactive ketones (excluding diaryl/α,β-unsaturated/α-hetero) is 1. The molecule has 90 valence electrons. The lowest BCUT2D eigenvalue weighted by atomic mass is 10.0. The molecule has 3 rings (SSSR count). The second-order valence-electron chi connectivity index (χ2n) is 3.74. The van der Waals surface area contributed by atoms with E-state index < -0.39 is 23.2 Å². The van der Waals surface area contributed by atoms with E-state index in [2.05, 4.69) is 15.4 Å². The second kappa shape index (κ2) is 3.53. The van der Waals surface area contributed by atoms with Gasteiger partial charge >= 0.3 is 5.95 Å². The molecular weight excluding hydrogens is 234 g/mol. The molecule has 0 aliphatic carbocycles. The molecule has 3 heterocycles. The van der Waals surface area contributed by atoms with Crippen LogP contribution in [0.3, 0.4) is 0 Å². The van der Waals surface area contributed by atoms with Crippen LogP contribution in [0.4, 0.5) is 5.95 Å². The van der Waals surface area contributed by atoms with Crippen molar-refractivity contribution in [2.45, 2.75) is 24.9 Å². The second-order valence-corrected chi connectivity index (χ2v) is 3.74. The number of ketones is 1. The fourth-order valence-corrected chi connectivity index (χ4v) is 1.89. The molecule has 3 atom stereocenters. The van der Waals surface area contributed by atoms with Crippen molar-refractivity contribution in [2.24, 2.45) is 0 Å². The number of fused-ring (bicyclic) bond motifs is 2. The molecule has 1 aromatic rings. The van der Waals surface area contributed by atoms with Crippen molar-refractivity contribution in [2.75, 3.05) is 6.61 Å². The lowest BCUT2D eigenvalue weighted by Gasteiger charge is -2.23. The highest BCUT2D eigenvalue weighted by molar-refractivity contribution is 5.83. The van der Waals surface area contributed by atoms with Gasteiger partial charge in [-0.1, -0.05) is 4.80 Å². The first-order valence-electron chi connectivity index (χ1n) is 4.89. The Morgan fingerprint density at radius 3 is 3.06 bits per heavy atom. The molecule has 0 radical (unpaired) electrons. The SMILES string of the molecule is O=C1C[C@H](n2nnc([N+](=O)[O-])n2)[C@H]2CO[C@@H]1O2. The smallest absolute Gasteiger partial charge is 0.390 e. The number of tetrazole rings is 1. The summed E-state index contributed by atoms with van der Waals surface area (Å²) in [5, 5.41) is 20.8. The Morgan fingerprint density at radius 2 is 2.35 bits per heavy atom. The van der Waals surface area contributed by atoms with Gasteiger partial charge < -0.3 is 19.6 Å². The van der Waals surface area contributed by atoms with Crippen molar-refractivity contribution >= 4 is 11.7 Å². The summed E-state index contributed by atoms with van der Waals surface area (Å²) in [5.41, 5.74) is 0. The summed E-state index contributed by atoms with van der Waals surface area (Å²) < 4.78 is 10.4. The van der Waals surface area contributed by atoms with Crippen molar-refractivity contribution in [1.82, 2.24) is 20.2 Å². The Hall–Kier alpha value is -1.94. The highest BCUT2D eigenvalue weighted by Crippen LogP contribution is 2.31. The van der Waals surface area contributed by atoms with E-state index in [1.807, 2.05) is 0 Å². The van der Waals surface area contributed by atoms with Gasteiger partial charge in [0.1, 0.15) is 12.1 Å². The van der Waals surface area contributed by atoms with Gasteiger partial charge in [-0.2, -0.15) is 0 Å². The first-order valence-corrected chi connectivity index (χ1v) is 4.89. The van der Waals surface area contributed by atoms with E-state index in [1.165, 1.54) is 0 Å². The van der Waals surface area contributed by atoms with Crippen LogP contribution in [0, 0.1) is 10.1 Å². The molecule has 0 saturated carbocycles. The lowest BCUT2D eigenvalue weighted by Crippen LogP contribution is -2.37. The molecule has 2 aliphatic rings. The number of ether oxygens (including phenoxy) is 2. The summed E-state index contributed by atoms with van der Waals surface area (Å²) in [6.45, 7) is 0.246. The predicted octanol–water partition coefficient (Wildman–Crippen LogP) is -1.16. The molecule has 2 fully saturated rings. The van der Waals surface area contributed by atoms with Gasteiger partial charge in [0.25, 0.3) is 0 Å². The molecule has 0 spiro atoms. The van der Waals surface area contributed by atoms with Crippen LogP contribution in [-0.2, 0) is 14.3 Å². The zero-order chi connectivity index (χ0) is 12.0. The molecule has 10 nitrogen and oxygen atoms in total. The van der Waals surface area contributed by atoms with Crippen molar-refractivity contribution in [3.63, 3.8) is 0 Å². The van der Waals surface area contributed by atoms with Crippen LogP contribution >= 0.6 is 0 Å². The normalized spacial score (nSPS) is 31.8. The van der Waals surface area contributed by atoms with E-state index in [0.29, 0.717) is 0 Å². The van der Waals surface area contributed by atoms with E-state index in [4.69, 9.17) is 9.47 Å². The van der Waals surface area contributed by atoms with Gasteiger partial charge in [-0.3, -0.25) is 4.79 Å². The molecule has 2 bridgehead atoms. The average molecular weight is 241 g/mol. The molecule has 10 heteroatoms. The number of hydrogen-bond acceptors (Lipinski definition) is 8. The molecule has 0 N–H and O–H groups in total. The molecule has 17 heavy (non-hydrogen) atoms. The Labute approximate surface area is 93.6 Å². The summed E-state index contributed by atoms with van der Waals surface area (Å²) in [6, 6.07) is -0.498. The maximum absolute atomic E-state index is 11.5. The Balaban J connectivity index is 1.87. The standard InChI is InChI=1S/C7H7N5O5/c13-4-1-3(5-2-16-6(4)17-5)11-9-7(8-10-11)12(14)15/h3,5-6H,1-2H2/t3-,5+,6+/m0/s1. The number of hydrogen-bond donors (Lipinski definition) is 0. The van der Waals surface area contributed by atoms with Gasteiger partial charge in [0.2, 0.25) is 6.29 Å². The third-order valence-corrected chi connectivity index (χ3v) is 2.69. The summed E-state index contributed by atoms with van der Waals surface area (Å²) in [5.74, 6) is -0.817. The number of nitro groups is 1. The van der Waals surface area contributed by atoms with Crippen molar-refractivity contribution in [1.29, 1.82) is 0 Å². The van der Waals surface area contributed by atoms with Crippen LogP contribution in [0.2, 0.25) is 0 Å². The number of carbonyl (C=O) groups excluding carboxylic acids is 1. The zero-order valence-corrected chi connectivity index (χ0v) is 8.42. The van der Waals surface area contributed by atoms with Crippen LogP contribution < -0.4 is 0 Å². The quantitative estimate of drug-likeness (QED) is 0.469. The third-order valence-electron chi connectivity index (χ3n) is 2.69. The summed E-state index contributed by atoms with van der Waals surface area (Å²) >= 11 is 0. The largest absolute Gasteiger partial charge is 0.514 e. The summed E-state index contributed by atoms with van der Waals surface area (Å²) in [4.78, 5) is 22.2. The van der Waals surface area contributed by atoms with Gasteiger partial charge in [0.05, 0.1) is 16.8 Å². The maximum Gasteiger partial charge on any atom is 0.514 e. The monoisotopic (exact) mass is 241 g/mol. The Kier molecular flexibility index (Phi) is 2.12. The molecule has 2 saturated heterocycles. The Morgan fingerprint density at radius 1 is 1.53 bits per heavy atom. The molecule has 0 amide bonds. The topological polar surface area (TPSA) is 122 Å². The van der Waals surface area contributed by atoms with E-state index >= 15 is 0 Å². The first-order chi connectivity index (χ1) is 8.15. The maximum atomic E-state index is 11.5. The molecular formula is C7H7N5O5. The average Bonchev–Trinajstić information content (AvgIpc) is 2.93. The highest BCUT2D eigenvalue weighted by Gasteiger charge is 2.46. The fourth-order valence-electron chi connectivity index (χ4n) is 1.89. The molecule has 0 unspecified atom stereocenters. The minimum absolute atomic E-state index is 0.128. The predicted molar refractivity (Wildman–Crippen MR) is 47.7 cm³/mol. The van der Waals surface area contributed by atoms with E-state index in [0.717, 1.165) is 4.80 Å². The minimum atomic E-state index is -0.810. The van der Waals surface area contributed by atoms with E-state index in [-0.39, 0.29) is 24.9 Å². The minimum Gasteiger partial charge on any atom is -0.390 e. The van der Waals surface area contributed by atoms with Gasteiger partial charge in [-0.15, -0.1) is 0 Å². The Bertz CT molecular complexity index is 487. The van der Waals surface area contributed by atoms with Gasteiger partial charge in [0.15, 0.2) is 5.78 Å². The van der Waals surface area contributed by atoms with E-state index in [9.17, 15) is 14.9 Å². The zero-order valence-electron chi connectivity index (χ0n) is 8.42. The van der Waals surface area contributed by atoms with Crippen LogP contribution in [-0.4, -0.2) is 49.9 Å². The van der Waals surface area contributed by atoms with Crippen molar-refractivity contribution in [3.8, 4) is 0 Å². The number of carbonyl (C=O) groups is 1. The van der Waals surface area contributed by atoms with Gasteiger partial charge in [-0.25, -0.2) is 0 Å². The van der Waals surface area contributed by atoms with Crippen LogP contribution in [0.1, 0.15) is 12.5 Å². The molecule has 2 aliphatic heterocycles. The summed E-state index contributed by atoms with van der Waals surface area (Å²) in [6.07, 6.45) is -1.05. The highest BCUT2D eigenvalue weighted by atomic mass is 16.7. The van der Waals surface area contributed by atoms with Crippen molar-refractivity contribution < 1.29 is 19.2 Å². The van der Waals surface area contributed by atoms with Crippen molar-refractivity contribution in [3.05, 3.63) is 10.1 Å². The number of nitrogens with zero attached hydrogens (tertiary/aromatic N) is 5. The third kappa shape index (κ3) is 1.57. The molecule has 0 aromatic carbocycles. The van der Waals surface area contributed by atoms with Crippen LogP contribution in [0.15, 0.2) is 0 Å². The molecule has 1 aromatic heterocycles. The van der Waals surface area contributed by atoms with Gasteiger partial charge in [-0.05, 0) is 4.92 Å².